The monoisotopic (exact) mass is 394 g/mol. The third-order valence-corrected chi connectivity index (χ3v) is 6.39. The molecule has 2 aliphatic rings. The number of fused-ring (bicyclic) bond motifs is 2. The summed E-state index contributed by atoms with van der Waals surface area (Å²) in [6, 6.07) is 13.3. The van der Waals surface area contributed by atoms with E-state index in [1.165, 1.54) is 6.42 Å². The number of imidazole rings is 1. The normalized spacial score (nSPS) is 22.6. The topological polar surface area (TPSA) is 52.2 Å². The first-order valence-electron chi connectivity index (χ1n) is 9.80. The lowest BCUT2D eigenvalue weighted by Gasteiger charge is -2.31. The molecule has 2 unspecified atom stereocenters. The molecule has 5 nitrogen and oxygen atoms in total. The predicted octanol–water partition coefficient (Wildman–Crippen LogP) is 3.91. The van der Waals surface area contributed by atoms with Gasteiger partial charge in [-0.2, -0.15) is 0 Å². The molecule has 0 radical (unpaired) electrons. The van der Waals surface area contributed by atoms with E-state index in [-0.39, 0.29) is 5.91 Å². The maximum atomic E-state index is 13.1. The molecule has 6 heteroatoms. The molecule has 1 N–H and O–H groups in total. The summed E-state index contributed by atoms with van der Waals surface area (Å²) in [5, 5.41) is 0.699. The molecule has 1 amide bonds. The Hall–Kier alpha value is -2.37. The Bertz CT molecular complexity index is 1030. The summed E-state index contributed by atoms with van der Waals surface area (Å²) >= 11 is 5.97. The third kappa shape index (κ3) is 3.19. The quantitative estimate of drug-likeness (QED) is 0.717. The number of aromatic amines is 1. The molecule has 0 aliphatic carbocycles. The summed E-state index contributed by atoms with van der Waals surface area (Å²) in [5.41, 5.74) is 3.44. The van der Waals surface area contributed by atoms with Crippen LogP contribution in [0.1, 0.15) is 16.8 Å². The second kappa shape index (κ2) is 6.90. The molecule has 28 heavy (non-hydrogen) atoms. The van der Waals surface area contributed by atoms with Gasteiger partial charge in [0.2, 0.25) is 0 Å². The Morgan fingerprint density at radius 3 is 2.71 bits per heavy atom. The highest BCUT2D eigenvalue weighted by Gasteiger charge is 2.38. The second-order valence-electron chi connectivity index (χ2n) is 8.11. The van der Waals surface area contributed by atoms with E-state index in [9.17, 15) is 4.79 Å². The highest BCUT2D eigenvalue weighted by Crippen LogP contribution is 2.32. The van der Waals surface area contributed by atoms with Crippen molar-refractivity contribution < 1.29 is 4.79 Å². The fraction of sp³-hybridized carbons (Fsp3) is 0.364. The summed E-state index contributed by atoms with van der Waals surface area (Å²) in [5.74, 6) is 2.16. The van der Waals surface area contributed by atoms with Gasteiger partial charge in [0.25, 0.3) is 5.91 Å². The predicted molar refractivity (Wildman–Crippen MR) is 112 cm³/mol. The number of nitrogens with zero attached hydrogens (tertiary/aromatic N) is 3. The van der Waals surface area contributed by atoms with E-state index in [4.69, 9.17) is 11.6 Å². The van der Waals surface area contributed by atoms with Gasteiger partial charge in [-0.05, 0) is 74.3 Å². The number of piperidine rings is 1. The Balaban J connectivity index is 1.39. The zero-order valence-electron chi connectivity index (χ0n) is 15.9. The zero-order valence-corrected chi connectivity index (χ0v) is 16.6. The van der Waals surface area contributed by atoms with E-state index in [2.05, 4.69) is 21.9 Å². The molecule has 5 rings (SSSR count). The van der Waals surface area contributed by atoms with Crippen molar-refractivity contribution in [2.24, 2.45) is 11.8 Å². The Labute approximate surface area is 169 Å². The van der Waals surface area contributed by atoms with Crippen LogP contribution in [-0.2, 0) is 0 Å². The van der Waals surface area contributed by atoms with Crippen LogP contribution in [0.2, 0.25) is 5.02 Å². The van der Waals surface area contributed by atoms with Crippen LogP contribution in [0, 0.1) is 11.8 Å². The van der Waals surface area contributed by atoms with Crippen LogP contribution in [0.25, 0.3) is 22.4 Å². The SMILES string of the molecule is CN1CCC2CN(C(=O)c3ccc4nc(-c5ccc(Cl)cc5)[nH]c4c3)CC2C1. The fourth-order valence-corrected chi connectivity index (χ4v) is 4.71. The third-order valence-electron chi connectivity index (χ3n) is 6.14. The molecule has 0 saturated carbocycles. The smallest absolute Gasteiger partial charge is 0.253 e. The van der Waals surface area contributed by atoms with E-state index in [0.717, 1.165) is 54.2 Å². The molecule has 2 atom stereocenters. The molecule has 2 aromatic carbocycles. The van der Waals surface area contributed by atoms with Crippen LogP contribution in [0.4, 0.5) is 0 Å². The number of hydrogen-bond donors (Lipinski definition) is 1. The van der Waals surface area contributed by atoms with Gasteiger partial charge in [0.05, 0.1) is 11.0 Å². The van der Waals surface area contributed by atoms with Crippen molar-refractivity contribution in [3.8, 4) is 11.4 Å². The maximum Gasteiger partial charge on any atom is 0.253 e. The summed E-state index contributed by atoms with van der Waals surface area (Å²) in [6.07, 6.45) is 1.19. The van der Waals surface area contributed by atoms with Crippen LogP contribution in [-0.4, -0.2) is 58.9 Å². The van der Waals surface area contributed by atoms with Crippen LogP contribution in [0.5, 0.6) is 0 Å². The lowest BCUT2D eigenvalue weighted by molar-refractivity contribution is 0.0784. The lowest BCUT2D eigenvalue weighted by atomic mass is 9.89. The molecule has 2 fully saturated rings. The van der Waals surface area contributed by atoms with Crippen molar-refractivity contribution >= 4 is 28.5 Å². The van der Waals surface area contributed by atoms with Crippen molar-refractivity contribution in [3.05, 3.63) is 53.1 Å². The van der Waals surface area contributed by atoms with Gasteiger partial charge < -0.3 is 14.8 Å². The molecule has 3 aromatic rings. The van der Waals surface area contributed by atoms with Gasteiger partial charge in [0, 0.05) is 35.8 Å². The summed E-state index contributed by atoms with van der Waals surface area (Å²) in [7, 11) is 2.17. The maximum absolute atomic E-state index is 13.1. The second-order valence-corrected chi connectivity index (χ2v) is 8.54. The van der Waals surface area contributed by atoms with Gasteiger partial charge in [0.1, 0.15) is 5.82 Å². The summed E-state index contributed by atoms with van der Waals surface area (Å²) in [4.78, 5) is 25.5. The van der Waals surface area contributed by atoms with E-state index in [0.29, 0.717) is 16.9 Å². The summed E-state index contributed by atoms with van der Waals surface area (Å²) < 4.78 is 0. The average molecular weight is 395 g/mol. The van der Waals surface area contributed by atoms with Crippen LogP contribution >= 0.6 is 11.6 Å². The number of halogens is 1. The first-order chi connectivity index (χ1) is 13.6. The number of carbonyl (C=O) groups is 1. The Morgan fingerprint density at radius 2 is 1.89 bits per heavy atom. The number of amides is 1. The number of carbonyl (C=O) groups excluding carboxylic acids is 1. The molecular weight excluding hydrogens is 372 g/mol. The van der Waals surface area contributed by atoms with E-state index >= 15 is 0 Å². The highest BCUT2D eigenvalue weighted by molar-refractivity contribution is 6.30. The number of likely N-dealkylation sites (tertiary alicyclic amines) is 2. The van der Waals surface area contributed by atoms with Gasteiger partial charge in [0.15, 0.2) is 0 Å². The van der Waals surface area contributed by atoms with Crippen molar-refractivity contribution in [1.82, 2.24) is 19.8 Å². The number of nitrogens with one attached hydrogen (secondary N) is 1. The van der Waals surface area contributed by atoms with Crippen molar-refractivity contribution in [2.75, 3.05) is 33.2 Å². The van der Waals surface area contributed by atoms with Crippen molar-refractivity contribution in [1.29, 1.82) is 0 Å². The number of aromatic nitrogens is 2. The molecule has 0 bridgehead atoms. The van der Waals surface area contributed by atoms with Crippen molar-refractivity contribution in [3.63, 3.8) is 0 Å². The zero-order chi connectivity index (χ0) is 19.3. The van der Waals surface area contributed by atoms with Crippen LogP contribution in [0.15, 0.2) is 42.5 Å². The van der Waals surface area contributed by atoms with Gasteiger partial charge >= 0.3 is 0 Å². The first kappa shape index (κ1) is 17.7. The minimum atomic E-state index is 0.126. The largest absolute Gasteiger partial charge is 0.338 e. The Kier molecular flexibility index (Phi) is 4.37. The molecule has 3 heterocycles. The van der Waals surface area contributed by atoms with Gasteiger partial charge in [-0.3, -0.25) is 4.79 Å². The Morgan fingerprint density at radius 1 is 1.11 bits per heavy atom. The van der Waals surface area contributed by atoms with Crippen LogP contribution in [0.3, 0.4) is 0 Å². The molecule has 0 spiro atoms. The van der Waals surface area contributed by atoms with Gasteiger partial charge in [-0.25, -0.2) is 4.98 Å². The van der Waals surface area contributed by atoms with Gasteiger partial charge in [-0.1, -0.05) is 11.6 Å². The molecule has 1 aromatic heterocycles. The molecule has 144 valence electrons. The molecular formula is C22H23ClN4O. The summed E-state index contributed by atoms with van der Waals surface area (Å²) in [6.45, 7) is 3.98. The van der Waals surface area contributed by atoms with Gasteiger partial charge in [-0.15, -0.1) is 0 Å². The molecule has 2 aliphatic heterocycles. The van der Waals surface area contributed by atoms with Crippen molar-refractivity contribution in [2.45, 2.75) is 6.42 Å². The minimum absolute atomic E-state index is 0.126. The number of rotatable bonds is 2. The average Bonchev–Trinajstić information content (AvgIpc) is 3.30. The fourth-order valence-electron chi connectivity index (χ4n) is 4.59. The van der Waals surface area contributed by atoms with Crippen LogP contribution < -0.4 is 0 Å². The standard InChI is InChI=1S/C22H23ClN4O/c1-26-9-8-16-12-27(13-17(16)11-26)22(28)15-4-7-19-20(10-15)25-21(24-19)14-2-5-18(23)6-3-14/h2-7,10,16-17H,8-9,11-13H2,1H3,(H,24,25). The number of benzene rings is 2. The van der Waals surface area contributed by atoms with E-state index in [1.807, 2.05) is 47.4 Å². The number of hydrogen-bond acceptors (Lipinski definition) is 3. The highest BCUT2D eigenvalue weighted by atomic mass is 35.5. The lowest BCUT2D eigenvalue weighted by Crippen LogP contribution is -2.37. The van der Waals surface area contributed by atoms with E-state index in [1.54, 1.807) is 0 Å². The minimum Gasteiger partial charge on any atom is -0.338 e. The number of H-pyrrole nitrogens is 1. The van der Waals surface area contributed by atoms with E-state index < -0.39 is 0 Å². The molecule has 2 saturated heterocycles. The first-order valence-corrected chi connectivity index (χ1v) is 10.2.